The van der Waals surface area contributed by atoms with Crippen molar-refractivity contribution < 1.29 is 9.18 Å². The molecule has 4 heteroatoms. The largest absolute Gasteiger partial charge is 0.371 e. The highest BCUT2D eigenvalue weighted by Crippen LogP contribution is 2.21. The molecule has 0 saturated carbocycles. The zero-order chi connectivity index (χ0) is 20.5. The molecule has 0 fully saturated rings. The second-order valence-electron chi connectivity index (χ2n) is 7.29. The quantitative estimate of drug-likeness (QED) is 0.405. The molecular weight excluding hydrogens is 351 g/mol. The van der Waals surface area contributed by atoms with Crippen molar-refractivity contribution in [2.24, 2.45) is 0 Å². The van der Waals surface area contributed by atoms with E-state index >= 15 is 0 Å². The summed E-state index contributed by atoms with van der Waals surface area (Å²) in [5, 5.41) is 0. The molecule has 0 aliphatic rings. The van der Waals surface area contributed by atoms with Crippen molar-refractivity contribution in [2.45, 2.75) is 33.2 Å². The van der Waals surface area contributed by atoms with Crippen molar-refractivity contribution in [2.75, 3.05) is 32.1 Å². The first-order valence-electron chi connectivity index (χ1n) is 9.95. The molecule has 0 spiro atoms. The van der Waals surface area contributed by atoms with Gasteiger partial charge in [-0.15, -0.1) is 0 Å². The molecule has 0 amide bonds. The van der Waals surface area contributed by atoms with E-state index in [4.69, 9.17) is 0 Å². The molecule has 150 valence electrons. The molecule has 28 heavy (non-hydrogen) atoms. The van der Waals surface area contributed by atoms with Gasteiger partial charge in [-0.1, -0.05) is 44.2 Å². The molecule has 2 rings (SSSR count). The smallest absolute Gasteiger partial charge is 0.188 e. The van der Waals surface area contributed by atoms with E-state index < -0.39 is 5.82 Å². The van der Waals surface area contributed by atoms with E-state index in [9.17, 15) is 9.18 Å². The summed E-state index contributed by atoms with van der Waals surface area (Å²) in [4.78, 5) is 16.8. The lowest BCUT2D eigenvalue weighted by atomic mass is 10.0. The monoisotopic (exact) mass is 382 g/mol. The van der Waals surface area contributed by atoms with Gasteiger partial charge in [0.1, 0.15) is 5.82 Å². The SMILES string of the molecule is CCCN(CCC)c1ccc(C(=O)C=Cc2ccccc2CN(C)C)c(F)c1. The van der Waals surface area contributed by atoms with Gasteiger partial charge >= 0.3 is 0 Å². The fourth-order valence-electron chi connectivity index (χ4n) is 3.25. The van der Waals surface area contributed by atoms with Gasteiger partial charge in [-0.3, -0.25) is 4.79 Å². The molecule has 0 aromatic heterocycles. The zero-order valence-corrected chi connectivity index (χ0v) is 17.4. The van der Waals surface area contributed by atoms with Gasteiger partial charge in [0.05, 0.1) is 5.56 Å². The molecule has 0 heterocycles. The highest BCUT2D eigenvalue weighted by molar-refractivity contribution is 6.07. The number of nitrogens with zero attached hydrogens (tertiary/aromatic N) is 2. The molecule has 0 saturated heterocycles. The third-order valence-corrected chi connectivity index (χ3v) is 4.53. The summed E-state index contributed by atoms with van der Waals surface area (Å²) in [5.74, 6) is -0.785. The fourth-order valence-corrected chi connectivity index (χ4v) is 3.25. The number of halogens is 1. The molecule has 0 unspecified atom stereocenters. The third-order valence-electron chi connectivity index (χ3n) is 4.53. The second-order valence-corrected chi connectivity index (χ2v) is 7.29. The maximum atomic E-state index is 14.6. The lowest BCUT2D eigenvalue weighted by Crippen LogP contribution is -2.25. The van der Waals surface area contributed by atoms with Crippen LogP contribution in [0.4, 0.5) is 10.1 Å². The molecule has 2 aromatic carbocycles. The molecule has 0 N–H and O–H groups in total. The van der Waals surface area contributed by atoms with Gasteiger partial charge in [0.15, 0.2) is 5.78 Å². The molecule has 0 atom stereocenters. The van der Waals surface area contributed by atoms with Crippen LogP contribution in [0.1, 0.15) is 48.2 Å². The number of rotatable bonds is 10. The van der Waals surface area contributed by atoms with Crippen molar-refractivity contribution in [1.82, 2.24) is 4.90 Å². The summed E-state index contributed by atoms with van der Waals surface area (Å²) >= 11 is 0. The Kier molecular flexibility index (Phi) is 8.40. The number of carbonyl (C=O) groups excluding carboxylic acids is 1. The molecule has 0 radical (unpaired) electrons. The molecule has 3 nitrogen and oxygen atoms in total. The van der Waals surface area contributed by atoms with E-state index in [1.54, 1.807) is 12.1 Å². The van der Waals surface area contributed by atoms with E-state index in [0.717, 1.165) is 49.3 Å². The summed E-state index contributed by atoms with van der Waals surface area (Å²) in [7, 11) is 4.01. The average molecular weight is 383 g/mol. The lowest BCUT2D eigenvalue weighted by Gasteiger charge is -2.24. The van der Waals surface area contributed by atoms with Crippen LogP contribution in [0.15, 0.2) is 48.5 Å². The van der Waals surface area contributed by atoms with Gasteiger partial charge in [0.25, 0.3) is 0 Å². The third kappa shape index (κ3) is 6.03. The summed E-state index contributed by atoms with van der Waals surface area (Å²) < 4.78 is 14.6. The Bertz CT molecular complexity index is 808. The maximum Gasteiger partial charge on any atom is 0.188 e. The van der Waals surface area contributed by atoms with Crippen LogP contribution in [-0.2, 0) is 6.54 Å². The van der Waals surface area contributed by atoms with E-state index in [2.05, 4.69) is 23.6 Å². The first-order chi connectivity index (χ1) is 13.5. The predicted molar refractivity (Wildman–Crippen MR) is 116 cm³/mol. The van der Waals surface area contributed by atoms with Gasteiger partial charge in [-0.25, -0.2) is 4.39 Å². The van der Waals surface area contributed by atoms with Gasteiger partial charge < -0.3 is 9.80 Å². The predicted octanol–water partition coefficient (Wildman–Crippen LogP) is 5.41. The minimum Gasteiger partial charge on any atom is -0.371 e. The standard InChI is InChI=1S/C24H31FN2O/c1-5-15-27(16-6-2)21-12-13-22(23(25)17-21)24(28)14-11-19-9-7-8-10-20(19)18-26(3)4/h7-14,17H,5-6,15-16,18H2,1-4H3. The number of hydrogen-bond donors (Lipinski definition) is 0. The van der Waals surface area contributed by atoms with Crippen LogP contribution in [0.3, 0.4) is 0 Å². The van der Waals surface area contributed by atoms with Crippen LogP contribution in [0.2, 0.25) is 0 Å². The van der Waals surface area contributed by atoms with Crippen LogP contribution in [0.5, 0.6) is 0 Å². The van der Waals surface area contributed by atoms with Crippen LogP contribution >= 0.6 is 0 Å². The van der Waals surface area contributed by atoms with Crippen LogP contribution < -0.4 is 4.90 Å². The topological polar surface area (TPSA) is 23.6 Å². The van der Waals surface area contributed by atoms with Crippen LogP contribution in [0, 0.1) is 5.82 Å². The Morgan fingerprint density at radius 1 is 1.04 bits per heavy atom. The number of benzene rings is 2. The summed E-state index contributed by atoms with van der Waals surface area (Å²) in [5.41, 5.74) is 3.04. The fraction of sp³-hybridized carbons (Fsp3) is 0.375. The minimum absolute atomic E-state index is 0.109. The van der Waals surface area contributed by atoms with Gasteiger partial charge in [0.2, 0.25) is 0 Å². The summed E-state index contributed by atoms with van der Waals surface area (Å²) in [6.07, 6.45) is 5.23. The highest BCUT2D eigenvalue weighted by atomic mass is 19.1. The Hall–Kier alpha value is -2.46. The van der Waals surface area contributed by atoms with Crippen molar-refractivity contribution in [3.8, 4) is 0 Å². The number of carbonyl (C=O) groups is 1. The number of anilines is 1. The van der Waals surface area contributed by atoms with Crippen LogP contribution in [-0.4, -0.2) is 37.9 Å². The first-order valence-corrected chi connectivity index (χ1v) is 9.95. The molecular formula is C24H31FN2O. The normalized spacial score (nSPS) is 11.4. The van der Waals surface area contributed by atoms with Crippen molar-refractivity contribution in [1.29, 1.82) is 0 Å². The van der Waals surface area contributed by atoms with E-state index in [-0.39, 0.29) is 11.3 Å². The second kappa shape index (κ2) is 10.8. The lowest BCUT2D eigenvalue weighted by molar-refractivity contribution is 0.104. The number of hydrogen-bond acceptors (Lipinski definition) is 3. The molecule has 0 aliphatic carbocycles. The van der Waals surface area contributed by atoms with Crippen molar-refractivity contribution in [3.05, 3.63) is 71.0 Å². The summed E-state index contributed by atoms with van der Waals surface area (Å²) in [6.45, 7) is 6.75. The van der Waals surface area contributed by atoms with Gasteiger partial charge in [-0.2, -0.15) is 0 Å². The van der Waals surface area contributed by atoms with Crippen molar-refractivity contribution >= 4 is 17.5 Å². The van der Waals surface area contributed by atoms with Crippen LogP contribution in [0.25, 0.3) is 6.08 Å². The van der Waals surface area contributed by atoms with E-state index in [0.29, 0.717) is 0 Å². The van der Waals surface area contributed by atoms with E-state index in [1.165, 1.54) is 12.1 Å². The summed E-state index contributed by atoms with van der Waals surface area (Å²) in [6, 6.07) is 12.8. The number of allylic oxidation sites excluding steroid dienone is 1. The molecule has 0 bridgehead atoms. The minimum atomic E-state index is -0.467. The van der Waals surface area contributed by atoms with Gasteiger partial charge in [0, 0.05) is 25.3 Å². The zero-order valence-electron chi connectivity index (χ0n) is 17.4. The Balaban J connectivity index is 2.20. The highest BCUT2D eigenvalue weighted by Gasteiger charge is 2.13. The average Bonchev–Trinajstić information content (AvgIpc) is 2.66. The number of ketones is 1. The Morgan fingerprint density at radius 3 is 2.32 bits per heavy atom. The maximum absolute atomic E-state index is 14.6. The molecule has 0 aliphatic heterocycles. The Morgan fingerprint density at radius 2 is 1.71 bits per heavy atom. The van der Waals surface area contributed by atoms with Gasteiger partial charge in [-0.05, 0) is 62.3 Å². The molecule has 2 aromatic rings. The van der Waals surface area contributed by atoms with Crippen molar-refractivity contribution in [3.63, 3.8) is 0 Å². The first kappa shape index (κ1) is 21.8. The Labute approximate surface area is 168 Å². The van der Waals surface area contributed by atoms with E-state index in [1.807, 2.05) is 44.4 Å².